The van der Waals surface area contributed by atoms with Gasteiger partial charge in [0.05, 0.1) is 11.4 Å². The number of aromatic nitrogens is 3. The molecule has 0 saturated carbocycles. The Bertz CT molecular complexity index is 1420. The highest BCUT2D eigenvalue weighted by molar-refractivity contribution is 6.34. The number of nitrogens with zero attached hydrogens (tertiary/aromatic N) is 3. The third-order valence-corrected chi connectivity index (χ3v) is 5.63. The summed E-state index contributed by atoms with van der Waals surface area (Å²) in [4.78, 5) is 28.6. The Morgan fingerprint density at radius 2 is 1.62 bits per heavy atom. The molecule has 2 aromatic heterocycles. The smallest absolute Gasteiger partial charge is 0.324 e. The van der Waals surface area contributed by atoms with Crippen molar-refractivity contribution in [2.24, 2.45) is 0 Å². The molecule has 0 aliphatic rings. The van der Waals surface area contributed by atoms with E-state index in [2.05, 4.69) is 26.0 Å². The molecule has 11 heteroatoms. The third-order valence-electron chi connectivity index (χ3n) is 5.19. The number of amides is 3. The molecule has 2 aromatic carbocycles. The molecule has 0 aliphatic carbocycles. The van der Waals surface area contributed by atoms with E-state index in [0.717, 1.165) is 5.69 Å². The van der Waals surface area contributed by atoms with Crippen LogP contribution in [0.4, 0.5) is 16.3 Å². The molecule has 190 valence electrons. The summed E-state index contributed by atoms with van der Waals surface area (Å²) < 4.78 is 7.39. The third kappa shape index (κ3) is 6.58. The zero-order chi connectivity index (χ0) is 26.5. The first-order valence-electron chi connectivity index (χ1n) is 11.3. The number of ether oxygens (including phenoxy) is 1. The molecule has 3 N–H and O–H groups in total. The molecule has 0 fully saturated rings. The number of pyridine rings is 1. The second-order valence-corrected chi connectivity index (χ2v) is 9.18. The molecule has 0 radical (unpaired) electrons. The van der Waals surface area contributed by atoms with Gasteiger partial charge in [0.1, 0.15) is 23.0 Å². The maximum atomic E-state index is 12.8. The molecule has 0 atom stereocenters. The number of benzene rings is 2. The van der Waals surface area contributed by atoms with Gasteiger partial charge in [0.2, 0.25) is 0 Å². The van der Waals surface area contributed by atoms with E-state index < -0.39 is 6.03 Å². The van der Waals surface area contributed by atoms with Crippen molar-refractivity contribution in [2.45, 2.75) is 19.8 Å². The molecule has 2 heterocycles. The molecule has 0 spiro atoms. The summed E-state index contributed by atoms with van der Waals surface area (Å²) in [5, 5.41) is 13.7. The van der Waals surface area contributed by atoms with Gasteiger partial charge in [0, 0.05) is 41.1 Å². The lowest BCUT2D eigenvalue weighted by Gasteiger charge is -2.11. The molecule has 37 heavy (non-hydrogen) atoms. The molecular formula is C26H24Cl2N6O3. The van der Waals surface area contributed by atoms with Crippen LogP contribution in [0.25, 0.3) is 5.69 Å². The molecule has 0 unspecified atom stereocenters. The fourth-order valence-corrected chi connectivity index (χ4v) is 3.89. The summed E-state index contributed by atoms with van der Waals surface area (Å²) >= 11 is 12.3. The molecular weight excluding hydrogens is 515 g/mol. The van der Waals surface area contributed by atoms with Crippen molar-refractivity contribution < 1.29 is 14.3 Å². The van der Waals surface area contributed by atoms with Crippen LogP contribution in [0.3, 0.4) is 0 Å². The standard InChI is InChI=1S/C26H24Cl2N6O3/c1-15(2)22-14-24(34(33-22)19-11-16(27)10-17(28)12-19)32-26(36)31-18-4-6-20(7-5-18)37-21-8-9-30-23(13-21)25(35)29-3/h4-15H,1-3H3,(H,29,35)(H2,31,32,36). The van der Waals surface area contributed by atoms with Gasteiger partial charge in [-0.1, -0.05) is 37.0 Å². The Hall–Kier alpha value is -4.08. The maximum Gasteiger partial charge on any atom is 0.324 e. The number of carbonyl (C=O) groups excluding carboxylic acids is 2. The average Bonchev–Trinajstić information content (AvgIpc) is 3.28. The van der Waals surface area contributed by atoms with Crippen molar-refractivity contribution in [2.75, 3.05) is 17.7 Å². The Morgan fingerprint density at radius 1 is 0.919 bits per heavy atom. The SMILES string of the molecule is CNC(=O)c1cc(Oc2ccc(NC(=O)Nc3cc(C(C)C)nn3-c3cc(Cl)cc(Cl)c3)cc2)ccn1. The molecule has 0 aliphatic heterocycles. The molecule has 4 rings (SSSR count). The Kier molecular flexibility index (Phi) is 7.95. The van der Waals surface area contributed by atoms with Crippen LogP contribution in [0, 0.1) is 0 Å². The number of urea groups is 1. The number of halogens is 2. The number of hydrogen-bond acceptors (Lipinski definition) is 5. The Balaban J connectivity index is 1.46. The van der Waals surface area contributed by atoms with Crippen LogP contribution in [-0.2, 0) is 0 Å². The van der Waals surface area contributed by atoms with Gasteiger partial charge in [0.15, 0.2) is 0 Å². The summed E-state index contributed by atoms with van der Waals surface area (Å²) in [6.45, 7) is 4.02. The van der Waals surface area contributed by atoms with E-state index in [1.807, 2.05) is 13.8 Å². The van der Waals surface area contributed by atoms with E-state index in [9.17, 15) is 9.59 Å². The van der Waals surface area contributed by atoms with E-state index in [1.54, 1.807) is 65.3 Å². The largest absolute Gasteiger partial charge is 0.457 e. The van der Waals surface area contributed by atoms with Crippen LogP contribution in [0.5, 0.6) is 11.5 Å². The summed E-state index contributed by atoms with van der Waals surface area (Å²) in [6.07, 6.45) is 1.49. The second kappa shape index (κ2) is 11.3. The van der Waals surface area contributed by atoms with Crippen LogP contribution in [-0.4, -0.2) is 33.8 Å². The second-order valence-electron chi connectivity index (χ2n) is 8.31. The van der Waals surface area contributed by atoms with Crippen LogP contribution in [0.15, 0.2) is 66.9 Å². The van der Waals surface area contributed by atoms with E-state index in [1.165, 1.54) is 13.2 Å². The Morgan fingerprint density at radius 3 is 2.27 bits per heavy atom. The van der Waals surface area contributed by atoms with Gasteiger partial charge in [-0.3, -0.25) is 15.1 Å². The quantitative estimate of drug-likeness (QED) is 0.249. The average molecular weight is 539 g/mol. The van der Waals surface area contributed by atoms with E-state index >= 15 is 0 Å². The summed E-state index contributed by atoms with van der Waals surface area (Å²) in [6, 6.07) is 16.4. The summed E-state index contributed by atoms with van der Waals surface area (Å²) in [5.41, 5.74) is 2.21. The lowest BCUT2D eigenvalue weighted by Crippen LogP contribution is -2.21. The van der Waals surface area contributed by atoms with E-state index in [4.69, 9.17) is 27.9 Å². The first-order valence-corrected chi connectivity index (χ1v) is 12.1. The Labute approximate surface area is 223 Å². The highest BCUT2D eigenvalue weighted by Gasteiger charge is 2.16. The minimum Gasteiger partial charge on any atom is -0.457 e. The number of anilines is 2. The molecule has 0 bridgehead atoms. The monoisotopic (exact) mass is 538 g/mol. The summed E-state index contributed by atoms with van der Waals surface area (Å²) in [5.74, 6) is 1.28. The van der Waals surface area contributed by atoms with Gasteiger partial charge >= 0.3 is 6.03 Å². The van der Waals surface area contributed by atoms with Crippen molar-refractivity contribution in [3.63, 3.8) is 0 Å². The number of rotatable bonds is 7. The normalized spacial score (nSPS) is 10.8. The molecule has 4 aromatic rings. The molecule has 3 amide bonds. The highest BCUT2D eigenvalue weighted by Crippen LogP contribution is 2.27. The van der Waals surface area contributed by atoms with Gasteiger partial charge < -0.3 is 15.4 Å². The van der Waals surface area contributed by atoms with Crippen LogP contribution < -0.4 is 20.7 Å². The van der Waals surface area contributed by atoms with Crippen molar-refractivity contribution in [1.29, 1.82) is 0 Å². The highest BCUT2D eigenvalue weighted by atomic mass is 35.5. The van der Waals surface area contributed by atoms with Crippen LogP contribution >= 0.6 is 23.2 Å². The fraction of sp³-hybridized carbons (Fsp3) is 0.154. The lowest BCUT2D eigenvalue weighted by molar-refractivity contribution is 0.0958. The first kappa shape index (κ1) is 26.0. The van der Waals surface area contributed by atoms with Gasteiger partial charge in [-0.2, -0.15) is 5.10 Å². The number of hydrogen-bond donors (Lipinski definition) is 3. The predicted molar refractivity (Wildman–Crippen MR) is 144 cm³/mol. The van der Waals surface area contributed by atoms with Gasteiger partial charge in [-0.05, 0) is 54.4 Å². The van der Waals surface area contributed by atoms with Crippen molar-refractivity contribution in [3.8, 4) is 17.2 Å². The minimum absolute atomic E-state index is 0.139. The zero-order valence-corrected chi connectivity index (χ0v) is 21.8. The zero-order valence-electron chi connectivity index (χ0n) is 20.3. The predicted octanol–water partition coefficient (Wildman–Crippen LogP) is 6.49. The van der Waals surface area contributed by atoms with Crippen molar-refractivity contribution >= 4 is 46.6 Å². The van der Waals surface area contributed by atoms with Crippen LogP contribution in [0.2, 0.25) is 10.0 Å². The summed E-state index contributed by atoms with van der Waals surface area (Å²) in [7, 11) is 1.53. The van der Waals surface area contributed by atoms with Crippen molar-refractivity contribution in [1.82, 2.24) is 20.1 Å². The first-order chi connectivity index (χ1) is 17.7. The van der Waals surface area contributed by atoms with Crippen molar-refractivity contribution in [3.05, 3.63) is 88.3 Å². The molecule has 0 saturated heterocycles. The fourth-order valence-electron chi connectivity index (χ4n) is 3.38. The van der Waals surface area contributed by atoms with Gasteiger partial charge in [-0.15, -0.1) is 0 Å². The topological polar surface area (TPSA) is 110 Å². The van der Waals surface area contributed by atoms with E-state index in [-0.39, 0.29) is 17.5 Å². The van der Waals surface area contributed by atoms with Gasteiger partial charge in [-0.25, -0.2) is 9.48 Å². The number of carbonyl (C=O) groups is 2. The lowest BCUT2D eigenvalue weighted by atomic mass is 10.1. The van der Waals surface area contributed by atoms with Crippen LogP contribution in [0.1, 0.15) is 35.9 Å². The number of nitrogens with one attached hydrogen (secondary N) is 3. The van der Waals surface area contributed by atoms with Gasteiger partial charge in [0.25, 0.3) is 5.91 Å². The maximum absolute atomic E-state index is 12.8. The molecule has 9 nitrogen and oxygen atoms in total. The minimum atomic E-state index is -0.456. The van der Waals surface area contributed by atoms with E-state index in [0.29, 0.717) is 38.7 Å².